The molecule has 1 unspecified atom stereocenters. The number of amides is 1. The van der Waals surface area contributed by atoms with Gasteiger partial charge in [0.05, 0.1) is 17.9 Å². The van der Waals surface area contributed by atoms with Crippen molar-refractivity contribution in [3.63, 3.8) is 0 Å². The van der Waals surface area contributed by atoms with E-state index >= 15 is 0 Å². The van der Waals surface area contributed by atoms with Gasteiger partial charge in [0.25, 0.3) is 5.91 Å². The standard InChI is InChI=1S/C12H14N2O2/c15-11-9-5-1-2-6-10(9)13-12(14-11)7-3-4-8-16-12/h1-2,5-6,13H,3-4,7-8H2,(H,14,15). The van der Waals surface area contributed by atoms with Gasteiger partial charge in [0.2, 0.25) is 5.85 Å². The third kappa shape index (κ3) is 1.46. The molecule has 1 spiro atoms. The summed E-state index contributed by atoms with van der Waals surface area (Å²) in [6.07, 6.45) is 2.93. The Bertz CT molecular complexity index is 425. The lowest BCUT2D eigenvalue weighted by Crippen LogP contribution is -2.60. The van der Waals surface area contributed by atoms with E-state index < -0.39 is 5.85 Å². The van der Waals surface area contributed by atoms with E-state index in [1.807, 2.05) is 24.3 Å². The molecule has 2 N–H and O–H groups in total. The third-order valence-electron chi connectivity index (χ3n) is 3.10. The summed E-state index contributed by atoms with van der Waals surface area (Å²) in [7, 11) is 0. The van der Waals surface area contributed by atoms with E-state index in [9.17, 15) is 4.79 Å². The number of rotatable bonds is 0. The highest BCUT2D eigenvalue weighted by Gasteiger charge is 2.39. The van der Waals surface area contributed by atoms with Crippen LogP contribution in [0.3, 0.4) is 0 Å². The number of ether oxygens (including phenoxy) is 1. The van der Waals surface area contributed by atoms with Crippen LogP contribution in [0.4, 0.5) is 5.69 Å². The van der Waals surface area contributed by atoms with E-state index in [0.29, 0.717) is 12.2 Å². The minimum Gasteiger partial charge on any atom is -0.340 e. The normalized spacial score (nSPS) is 28.1. The fraction of sp³-hybridized carbons (Fsp3) is 0.417. The molecule has 0 radical (unpaired) electrons. The molecule has 2 aliphatic heterocycles. The highest BCUT2D eigenvalue weighted by atomic mass is 16.5. The van der Waals surface area contributed by atoms with Crippen LogP contribution >= 0.6 is 0 Å². The zero-order valence-corrected chi connectivity index (χ0v) is 8.95. The van der Waals surface area contributed by atoms with Crippen LogP contribution in [0, 0.1) is 0 Å². The van der Waals surface area contributed by atoms with E-state index in [1.54, 1.807) is 0 Å². The second kappa shape index (κ2) is 3.49. The molecule has 4 nitrogen and oxygen atoms in total. The molecule has 1 saturated heterocycles. The van der Waals surface area contributed by atoms with E-state index in [4.69, 9.17) is 4.74 Å². The average Bonchev–Trinajstić information content (AvgIpc) is 2.30. The van der Waals surface area contributed by atoms with Gasteiger partial charge in [0.1, 0.15) is 0 Å². The van der Waals surface area contributed by atoms with Crippen LogP contribution in [0.25, 0.3) is 0 Å². The zero-order chi connectivity index (χ0) is 11.0. The molecule has 84 valence electrons. The molecule has 0 aliphatic carbocycles. The van der Waals surface area contributed by atoms with Crippen LogP contribution in [0.1, 0.15) is 29.6 Å². The van der Waals surface area contributed by atoms with Gasteiger partial charge < -0.3 is 15.4 Å². The first kappa shape index (κ1) is 9.66. The quantitative estimate of drug-likeness (QED) is 0.696. The van der Waals surface area contributed by atoms with Crippen molar-refractivity contribution in [2.24, 2.45) is 0 Å². The van der Waals surface area contributed by atoms with Crippen LogP contribution in [-0.4, -0.2) is 18.4 Å². The molecule has 1 amide bonds. The largest absolute Gasteiger partial charge is 0.340 e. The second-order valence-electron chi connectivity index (χ2n) is 4.26. The highest BCUT2D eigenvalue weighted by molar-refractivity contribution is 6.01. The molecule has 4 heteroatoms. The topological polar surface area (TPSA) is 50.4 Å². The Balaban J connectivity index is 1.96. The van der Waals surface area contributed by atoms with Gasteiger partial charge in [0.15, 0.2) is 0 Å². The Labute approximate surface area is 94.0 Å². The van der Waals surface area contributed by atoms with Crippen molar-refractivity contribution in [1.82, 2.24) is 5.32 Å². The van der Waals surface area contributed by atoms with Gasteiger partial charge in [-0.2, -0.15) is 0 Å². The van der Waals surface area contributed by atoms with Crippen LogP contribution < -0.4 is 10.6 Å². The van der Waals surface area contributed by atoms with Crippen molar-refractivity contribution >= 4 is 11.6 Å². The number of carbonyl (C=O) groups excluding carboxylic acids is 1. The number of fused-ring (bicyclic) bond motifs is 1. The first-order valence-electron chi connectivity index (χ1n) is 5.63. The molecule has 2 aliphatic rings. The van der Waals surface area contributed by atoms with Gasteiger partial charge in [-0.1, -0.05) is 12.1 Å². The van der Waals surface area contributed by atoms with Gasteiger partial charge in [-0.15, -0.1) is 0 Å². The van der Waals surface area contributed by atoms with Crippen molar-refractivity contribution < 1.29 is 9.53 Å². The van der Waals surface area contributed by atoms with E-state index in [0.717, 1.165) is 24.9 Å². The number of hydrogen-bond donors (Lipinski definition) is 2. The van der Waals surface area contributed by atoms with Gasteiger partial charge in [-0.25, -0.2) is 0 Å². The zero-order valence-electron chi connectivity index (χ0n) is 8.95. The van der Waals surface area contributed by atoms with Crippen molar-refractivity contribution in [3.8, 4) is 0 Å². The van der Waals surface area contributed by atoms with Gasteiger partial charge in [0, 0.05) is 6.42 Å². The second-order valence-corrected chi connectivity index (χ2v) is 4.26. The molecule has 2 heterocycles. The van der Waals surface area contributed by atoms with Crippen LogP contribution in [0.5, 0.6) is 0 Å². The van der Waals surface area contributed by atoms with Crippen molar-refractivity contribution in [1.29, 1.82) is 0 Å². The van der Waals surface area contributed by atoms with E-state index in [-0.39, 0.29) is 5.91 Å². The molecule has 3 rings (SSSR count). The smallest absolute Gasteiger partial charge is 0.257 e. The summed E-state index contributed by atoms with van der Waals surface area (Å²) >= 11 is 0. The first-order chi connectivity index (χ1) is 7.79. The van der Waals surface area contributed by atoms with Crippen LogP contribution in [-0.2, 0) is 4.74 Å². The van der Waals surface area contributed by atoms with Crippen molar-refractivity contribution in [2.45, 2.75) is 25.1 Å². The number of hydrogen-bond acceptors (Lipinski definition) is 3. The first-order valence-corrected chi connectivity index (χ1v) is 5.63. The van der Waals surface area contributed by atoms with Crippen LogP contribution in [0.2, 0.25) is 0 Å². The Morgan fingerprint density at radius 3 is 2.88 bits per heavy atom. The molecule has 1 aromatic rings. The van der Waals surface area contributed by atoms with E-state index in [1.165, 1.54) is 0 Å². The molecule has 1 aromatic carbocycles. The average molecular weight is 218 g/mol. The SMILES string of the molecule is O=C1NC2(CCCCO2)Nc2ccccc21. The summed E-state index contributed by atoms with van der Waals surface area (Å²) < 4.78 is 5.69. The minimum atomic E-state index is -0.677. The maximum absolute atomic E-state index is 11.9. The molecular formula is C12H14N2O2. The summed E-state index contributed by atoms with van der Waals surface area (Å²) in [6.45, 7) is 0.690. The van der Waals surface area contributed by atoms with Gasteiger partial charge >= 0.3 is 0 Å². The summed E-state index contributed by atoms with van der Waals surface area (Å²) in [5.74, 6) is -0.736. The van der Waals surface area contributed by atoms with Gasteiger partial charge in [-0.3, -0.25) is 4.79 Å². The molecule has 1 fully saturated rings. The monoisotopic (exact) mass is 218 g/mol. The minimum absolute atomic E-state index is 0.0590. The van der Waals surface area contributed by atoms with Crippen molar-refractivity contribution in [3.05, 3.63) is 29.8 Å². The molecule has 16 heavy (non-hydrogen) atoms. The summed E-state index contributed by atoms with van der Waals surface area (Å²) in [6, 6.07) is 7.50. The van der Waals surface area contributed by atoms with Crippen molar-refractivity contribution in [2.75, 3.05) is 11.9 Å². The summed E-state index contributed by atoms with van der Waals surface area (Å²) in [4.78, 5) is 11.9. The molecule has 0 aromatic heterocycles. The van der Waals surface area contributed by atoms with E-state index in [2.05, 4.69) is 10.6 Å². The predicted molar refractivity (Wildman–Crippen MR) is 60.1 cm³/mol. The fourth-order valence-corrected chi connectivity index (χ4v) is 2.28. The number of anilines is 1. The summed E-state index contributed by atoms with van der Waals surface area (Å²) in [5, 5.41) is 6.20. The maximum Gasteiger partial charge on any atom is 0.257 e. The number of benzene rings is 1. The Hall–Kier alpha value is -1.55. The molecule has 1 atom stereocenters. The Kier molecular flexibility index (Phi) is 2.11. The summed E-state index contributed by atoms with van der Waals surface area (Å²) in [5.41, 5.74) is 1.54. The highest BCUT2D eigenvalue weighted by Crippen LogP contribution is 2.30. The lowest BCUT2D eigenvalue weighted by Gasteiger charge is -2.42. The number of carbonyl (C=O) groups is 1. The maximum atomic E-state index is 11.9. The fourth-order valence-electron chi connectivity index (χ4n) is 2.28. The van der Waals surface area contributed by atoms with Gasteiger partial charge in [-0.05, 0) is 25.0 Å². The molecule has 0 saturated carbocycles. The third-order valence-corrected chi connectivity index (χ3v) is 3.10. The number of nitrogens with one attached hydrogen (secondary N) is 2. The lowest BCUT2D eigenvalue weighted by molar-refractivity contribution is -0.0757. The number of para-hydroxylation sites is 1. The predicted octanol–water partition coefficient (Wildman–Crippen LogP) is 1.70. The van der Waals surface area contributed by atoms with Crippen LogP contribution in [0.15, 0.2) is 24.3 Å². The molecular weight excluding hydrogens is 204 g/mol. The Morgan fingerprint density at radius 1 is 1.19 bits per heavy atom. The lowest BCUT2D eigenvalue weighted by atomic mass is 10.0. The Morgan fingerprint density at radius 2 is 2.06 bits per heavy atom. The molecule has 0 bridgehead atoms.